The molecule has 1 unspecified atom stereocenters. The molecule has 1 atom stereocenters. The molecule has 0 saturated carbocycles. The van der Waals surface area contributed by atoms with E-state index in [0.29, 0.717) is 29.5 Å². The topological polar surface area (TPSA) is 156 Å². The molecule has 0 radical (unpaired) electrons. The van der Waals surface area contributed by atoms with Crippen LogP contribution in [0.4, 0.5) is 34.8 Å². The summed E-state index contributed by atoms with van der Waals surface area (Å²) in [6.07, 6.45) is -2.68. The average Bonchev–Trinajstić information content (AvgIpc) is 2.98. The molecule has 0 fully saturated rings. The second kappa shape index (κ2) is 15.4. The van der Waals surface area contributed by atoms with Crippen molar-refractivity contribution in [1.82, 2.24) is 10.3 Å². The summed E-state index contributed by atoms with van der Waals surface area (Å²) in [5.74, 6) is -3.05. The van der Waals surface area contributed by atoms with Crippen molar-refractivity contribution in [3.05, 3.63) is 89.9 Å². The van der Waals surface area contributed by atoms with Gasteiger partial charge in [-0.25, -0.2) is 14.2 Å². The number of benzene rings is 3. The summed E-state index contributed by atoms with van der Waals surface area (Å²) < 4.78 is 52.5. The summed E-state index contributed by atoms with van der Waals surface area (Å²) in [4.78, 5) is 37.9. The number of aliphatic carboxylic acids is 1. The van der Waals surface area contributed by atoms with E-state index in [0.717, 1.165) is 22.8 Å². The third-order valence-electron chi connectivity index (χ3n) is 6.08. The van der Waals surface area contributed by atoms with E-state index in [1.165, 1.54) is 13.0 Å². The molecule has 238 valence electrons. The minimum atomic E-state index is -5.08. The molecule has 2 amide bonds. The summed E-state index contributed by atoms with van der Waals surface area (Å²) in [7, 11) is 0. The molecule has 0 bridgehead atoms. The van der Waals surface area contributed by atoms with Gasteiger partial charge in [-0.3, -0.25) is 9.59 Å². The second-order valence-electron chi connectivity index (χ2n) is 9.64. The molecule has 0 aliphatic heterocycles. The maximum absolute atomic E-state index is 15.1. The molecular weight excluding hydrogens is 598 g/mol. The maximum atomic E-state index is 15.1. The fourth-order valence-electron chi connectivity index (χ4n) is 4.05. The molecule has 10 nitrogen and oxygen atoms in total. The van der Waals surface area contributed by atoms with Crippen LogP contribution in [-0.2, 0) is 20.9 Å². The van der Waals surface area contributed by atoms with Crippen LogP contribution in [-0.4, -0.2) is 40.7 Å². The van der Waals surface area contributed by atoms with Gasteiger partial charge in [0.25, 0.3) is 0 Å². The first-order valence-corrected chi connectivity index (χ1v) is 13.6. The molecule has 1 heterocycles. The van der Waals surface area contributed by atoms with Crippen molar-refractivity contribution in [3.8, 4) is 5.75 Å². The summed E-state index contributed by atoms with van der Waals surface area (Å²) in [5.41, 5.74) is 8.13. The number of carbonyl (C=O) groups is 3. The zero-order valence-corrected chi connectivity index (χ0v) is 24.2. The van der Waals surface area contributed by atoms with E-state index >= 15 is 4.39 Å². The summed E-state index contributed by atoms with van der Waals surface area (Å²) in [6, 6.07) is 17.7. The zero-order valence-electron chi connectivity index (χ0n) is 24.2. The van der Waals surface area contributed by atoms with Crippen molar-refractivity contribution in [2.45, 2.75) is 39.0 Å². The summed E-state index contributed by atoms with van der Waals surface area (Å²) in [6.45, 7) is 4.05. The van der Waals surface area contributed by atoms with Gasteiger partial charge in [0.15, 0.2) is 0 Å². The number of nitrogen functional groups attached to an aromatic ring is 1. The molecule has 1 aromatic heterocycles. The van der Waals surface area contributed by atoms with E-state index < -0.39 is 29.9 Å². The number of anilines is 3. The number of hydrogen-bond acceptors (Lipinski definition) is 7. The van der Waals surface area contributed by atoms with Gasteiger partial charge in [-0.2, -0.15) is 13.2 Å². The smallest absolute Gasteiger partial charge is 0.490 e. The first-order valence-electron chi connectivity index (χ1n) is 13.6. The van der Waals surface area contributed by atoms with Crippen molar-refractivity contribution in [2.75, 3.05) is 23.0 Å². The number of nitrogens with zero attached hydrogens (tertiary/aromatic N) is 1. The van der Waals surface area contributed by atoms with E-state index in [1.807, 2.05) is 25.1 Å². The van der Waals surface area contributed by atoms with Gasteiger partial charge in [-0.1, -0.05) is 19.1 Å². The van der Waals surface area contributed by atoms with E-state index in [2.05, 4.69) is 20.9 Å². The summed E-state index contributed by atoms with van der Waals surface area (Å²) in [5, 5.41) is 17.5. The molecule has 4 aromatic rings. The Labute approximate surface area is 255 Å². The molecule has 0 aliphatic carbocycles. The van der Waals surface area contributed by atoms with Gasteiger partial charge in [-0.15, -0.1) is 0 Å². The Bertz CT molecular complexity index is 1670. The van der Waals surface area contributed by atoms with Gasteiger partial charge in [0.05, 0.1) is 6.61 Å². The van der Waals surface area contributed by atoms with Gasteiger partial charge in [-0.05, 0) is 72.0 Å². The first-order chi connectivity index (χ1) is 21.3. The Hall–Kier alpha value is -5.40. The molecule has 3 aromatic carbocycles. The Kier molecular flexibility index (Phi) is 11.6. The van der Waals surface area contributed by atoms with Crippen LogP contribution in [0.1, 0.15) is 37.4 Å². The minimum Gasteiger partial charge on any atom is -0.494 e. The molecular formula is C31H31F4N5O5. The Morgan fingerprint density at radius 3 is 2.42 bits per heavy atom. The number of rotatable bonds is 10. The molecule has 14 heteroatoms. The quantitative estimate of drug-likeness (QED) is 0.138. The minimum absolute atomic E-state index is 0.150. The van der Waals surface area contributed by atoms with Crippen LogP contribution in [0.5, 0.6) is 5.75 Å². The number of pyridine rings is 1. The van der Waals surface area contributed by atoms with Crippen LogP contribution in [0.15, 0.2) is 72.9 Å². The van der Waals surface area contributed by atoms with E-state index in [4.69, 9.17) is 20.4 Å². The Morgan fingerprint density at radius 1 is 1.02 bits per heavy atom. The van der Waals surface area contributed by atoms with Crippen LogP contribution in [0.25, 0.3) is 10.8 Å². The van der Waals surface area contributed by atoms with Gasteiger partial charge in [0, 0.05) is 42.0 Å². The highest BCUT2D eigenvalue weighted by molar-refractivity contribution is 5.94. The van der Waals surface area contributed by atoms with Crippen molar-refractivity contribution in [3.63, 3.8) is 0 Å². The van der Waals surface area contributed by atoms with Gasteiger partial charge < -0.3 is 31.5 Å². The fourth-order valence-corrected chi connectivity index (χ4v) is 4.05. The van der Waals surface area contributed by atoms with Gasteiger partial charge in [0.1, 0.15) is 23.4 Å². The largest absolute Gasteiger partial charge is 0.494 e. The Balaban J connectivity index is 0.000000707. The molecule has 45 heavy (non-hydrogen) atoms. The number of halogens is 4. The fraction of sp³-hybridized carbons (Fsp3) is 0.226. The number of carboxylic acids is 1. The maximum Gasteiger partial charge on any atom is 0.490 e. The van der Waals surface area contributed by atoms with Gasteiger partial charge in [0.2, 0.25) is 11.8 Å². The lowest BCUT2D eigenvalue weighted by molar-refractivity contribution is -0.192. The number of nitrogens with one attached hydrogen (secondary N) is 3. The number of ether oxygens (including phenoxy) is 1. The lowest BCUT2D eigenvalue weighted by Gasteiger charge is -2.22. The van der Waals surface area contributed by atoms with Crippen molar-refractivity contribution >= 4 is 45.7 Å². The van der Waals surface area contributed by atoms with Crippen LogP contribution in [0, 0.1) is 5.82 Å². The van der Waals surface area contributed by atoms with E-state index in [1.54, 1.807) is 48.7 Å². The molecule has 0 spiro atoms. The lowest BCUT2D eigenvalue weighted by Crippen LogP contribution is -2.33. The predicted octanol–water partition coefficient (Wildman–Crippen LogP) is 5.81. The number of fused-ring (bicyclic) bond motifs is 1. The monoisotopic (exact) mass is 629 g/mol. The van der Waals surface area contributed by atoms with Crippen LogP contribution in [0.3, 0.4) is 0 Å². The standard InChI is InChI=1S/C29H30FN5O3.C2HF3O2/c1-3-13-38-23-8-10-26(30)25(16-23)27(35-22-7-9-24-20(15-22)11-12-32-28(24)31)29(37)33-17-19-5-4-6-21(14-19)34-18(2)36;3-2(4,5)1(6)7/h4-12,14-16,27,35H,3,13,17H2,1-2H3,(H2,31,32)(H,33,37)(H,34,36);(H,6,7). The molecule has 6 N–H and O–H groups in total. The van der Waals surface area contributed by atoms with Crippen LogP contribution >= 0.6 is 0 Å². The second-order valence-corrected chi connectivity index (χ2v) is 9.64. The average molecular weight is 630 g/mol. The van der Waals surface area contributed by atoms with Gasteiger partial charge >= 0.3 is 12.1 Å². The van der Waals surface area contributed by atoms with Crippen molar-refractivity contribution < 1.29 is 41.8 Å². The normalized spacial score (nSPS) is 11.5. The zero-order chi connectivity index (χ0) is 33.1. The molecule has 0 saturated heterocycles. The molecule has 4 rings (SSSR count). The highest BCUT2D eigenvalue weighted by Crippen LogP contribution is 2.29. The predicted molar refractivity (Wildman–Crippen MR) is 161 cm³/mol. The SMILES string of the molecule is CCCOc1ccc(F)c(C(Nc2ccc3c(N)nccc3c2)C(=O)NCc2cccc(NC(C)=O)c2)c1.O=C(O)C(F)(F)F. The third kappa shape index (κ3) is 10.1. The summed E-state index contributed by atoms with van der Waals surface area (Å²) >= 11 is 0. The highest BCUT2D eigenvalue weighted by Gasteiger charge is 2.38. The van der Waals surface area contributed by atoms with Crippen LogP contribution in [0.2, 0.25) is 0 Å². The number of alkyl halides is 3. The lowest BCUT2D eigenvalue weighted by atomic mass is 10.0. The Morgan fingerprint density at radius 2 is 1.76 bits per heavy atom. The molecule has 0 aliphatic rings. The van der Waals surface area contributed by atoms with Crippen molar-refractivity contribution in [2.24, 2.45) is 0 Å². The van der Waals surface area contributed by atoms with E-state index in [9.17, 15) is 22.8 Å². The number of carbonyl (C=O) groups excluding carboxylic acids is 2. The first kappa shape index (κ1) is 34.1. The number of aromatic nitrogens is 1. The highest BCUT2D eigenvalue weighted by atomic mass is 19.4. The number of amides is 2. The van der Waals surface area contributed by atoms with E-state index in [-0.39, 0.29) is 18.0 Å². The third-order valence-corrected chi connectivity index (χ3v) is 6.08. The van der Waals surface area contributed by atoms with Crippen LogP contribution < -0.4 is 26.4 Å². The van der Waals surface area contributed by atoms with Crippen molar-refractivity contribution in [1.29, 1.82) is 0 Å². The number of hydrogen-bond donors (Lipinski definition) is 5. The number of nitrogens with two attached hydrogens (primary N) is 1. The number of carboxylic acid groups (broad SMARTS) is 1.